The van der Waals surface area contributed by atoms with Gasteiger partial charge in [-0.2, -0.15) is 0 Å². The molecule has 3 heteroatoms. The van der Waals surface area contributed by atoms with Crippen molar-refractivity contribution in [2.45, 2.75) is 40.7 Å². The molecule has 68 valence electrons. The van der Waals surface area contributed by atoms with E-state index in [4.69, 9.17) is 0 Å². The van der Waals surface area contributed by atoms with Crippen molar-refractivity contribution in [2.24, 2.45) is 5.41 Å². The van der Waals surface area contributed by atoms with Crippen LogP contribution in [0.3, 0.4) is 0 Å². The van der Waals surface area contributed by atoms with Gasteiger partial charge in [0.1, 0.15) is 0 Å². The molecule has 0 unspecified atom stereocenters. The third-order valence-corrected chi connectivity index (χ3v) is 1.71. The zero-order valence-corrected chi connectivity index (χ0v) is 8.33. The third-order valence-electron chi connectivity index (χ3n) is 1.71. The molecule has 0 amide bonds. The Balaban J connectivity index is 2.75. The number of hydrogen-bond acceptors (Lipinski definition) is 2. The Labute approximate surface area is 73.8 Å². The van der Waals surface area contributed by atoms with Gasteiger partial charge in [-0.25, -0.2) is 4.68 Å². The molecular formula is C9H17N3. The number of aryl methyl sites for hydroxylation is 1. The lowest BCUT2D eigenvalue weighted by atomic mass is 9.91. The summed E-state index contributed by atoms with van der Waals surface area (Å²) in [5.74, 6) is 0. The van der Waals surface area contributed by atoms with Crippen molar-refractivity contribution >= 4 is 0 Å². The Bertz CT molecular complexity index is 245. The van der Waals surface area contributed by atoms with Crippen LogP contribution in [0.25, 0.3) is 0 Å². The van der Waals surface area contributed by atoms with Crippen LogP contribution in [0.1, 0.15) is 33.4 Å². The number of aromatic nitrogens is 3. The van der Waals surface area contributed by atoms with Crippen molar-refractivity contribution in [2.75, 3.05) is 0 Å². The molecule has 0 atom stereocenters. The van der Waals surface area contributed by atoms with E-state index in [0.717, 1.165) is 13.0 Å². The summed E-state index contributed by atoms with van der Waals surface area (Å²) in [7, 11) is 0. The van der Waals surface area contributed by atoms with E-state index in [1.165, 1.54) is 5.69 Å². The second-order valence-corrected chi connectivity index (χ2v) is 4.28. The first kappa shape index (κ1) is 9.23. The van der Waals surface area contributed by atoms with E-state index in [9.17, 15) is 0 Å². The number of hydrogen-bond donors (Lipinski definition) is 0. The number of nitrogens with zero attached hydrogens (tertiary/aromatic N) is 3. The van der Waals surface area contributed by atoms with Crippen LogP contribution in [-0.4, -0.2) is 15.0 Å². The quantitative estimate of drug-likeness (QED) is 0.673. The fraction of sp³-hybridized carbons (Fsp3) is 0.778. The van der Waals surface area contributed by atoms with Gasteiger partial charge in [-0.1, -0.05) is 26.0 Å². The summed E-state index contributed by atoms with van der Waals surface area (Å²) in [4.78, 5) is 0. The lowest BCUT2D eigenvalue weighted by molar-refractivity contribution is 0.393. The summed E-state index contributed by atoms with van der Waals surface area (Å²) in [6.45, 7) is 9.66. The predicted octanol–water partition coefficient (Wildman–Crippen LogP) is 1.89. The summed E-state index contributed by atoms with van der Waals surface area (Å²) in [5.41, 5.74) is 1.54. The molecule has 12 heavy (non-hydrogen) atoms. The Morgan fingerprint density at radius 2 is 2.08 bits per heavy atom. The molecule has 0 fully saturated rings. The minimum Gasteiger partial charge on any atom is -0.250 e. The third kappa shape index (κ3) is 2.32. The van der Waals surface area contributed by atoms with E-state index in [-0.39, 0.29) is 0 Å². The van der Waals surface area contributed by atoms with Crippen molar-refractivity contribution in [3.63, 3.8) is 0 Å². The average molecular weight is 167 g/mol. The van der Waals surface area contributed by atoms with Gasteiger partial charge in [0.25, 0.3) is 0 Å². The lowest BCUT2D eigenvalue weighted by Crippen LogP contribution is -2.13. The second-order valence-electron chi connectivity index (χ2n) is 4.28. The SMILES string of the molecule is CCn1nncc1CC(C)(C)C. The summed E-state index contributed by atoms with van der Waals surface area (Å²) in [5, 5.41) is 7.88. The van der Waals surface area contributed by atoms with Gasteiger partial charge >= 0.3 is 0 Å². The highest BCUT2D eigenvalue weighted by atomic mass is 15.4. The van der Waals surface area contributed by atoms with Crippen molar-refractivity contribution in [3.8, 4) is 0 Å². The van der Waals surface area contributed by atoms with Gasteiger partial charge in [-0.3, -0.25) is 0 Å². The van der Waals surface area contributed by atoms with Gasteiger partial charge in [0.05, 0.1) is 11.9 Å². The zero-order chi connectivity index (χ0) is 9.19. The topological polar surface area (TPSA) is 30.7 Å². The molecule has 3 nitrogen and oxygen atoms in total. The first-order valence-electron chi connectivity index (χ1n) is 4.40. The van der Waals surface area contributed by atoms with Crippen LogP contribution in [0.5, 0.6) is 0 Å². The molecule has 0 aliphatic carbocycles. The van der Waals surface area contributed by atoms with Crippen molar-refractivity contribution in [1.29, 1.82) is 0 Å². The summed E-state index contributed by atoms with van der Waals surface area (Å²) >= 11 is 0. The van der Waals surface area contributed by atoms with E-state index < -0.39 is 0 Å². The molecular weight excluding hydrogens is 150 g/mol. The molecule has 0 saturated heterocycles. The molecule has 0 aliphatic rings. The van der Waals surface area contributed by atoms with Crippen LogP contribution in [0.2, 0.25) is 0 Å². The maximum absolute atomic E-state index is 3.99. The Morgan fingerprint density at radius 3 is 2.58 bits per heavy atom. The summed E-state index contributed by atoms with van der Waals surface area (Å²) < 4.78 is 1.95. The largest absolute Gasteiger partial charge is 0.250 e. The van der Waals surface area contributed by atoms with Crippen LogP contribution in [0.15, 0.2) is 6.20 Å². The molecule has 0 radical (unpaired) electrons. The van der Waals surface area contributed by atoms with Crippen LogP contribution in [0, 0.1) is 5.41 Å². The van der Waals surface area contributed by atoms with Gasteiger partial charge in [0, 0.05) is 6.54 Å². The van der Waals surface area contributed by atoms with Gasteiger partial charge < -0.3 is 0 Å². The average Bonchev–Trinajstić information content (AvgIpc) is 2.31. The van der Waals surface area contributed by atoms with Gasteiger partial charge in [-0.05, 0) is 18.8 Å². The van der Waals surface area contributed by atoms with E-state index in [2.05, 4.69) is 38.0 Å². The van der Waals surface area contributed by atoms with Crippen LogP contribution < -0.4 is 0 Å². The van der Waals surface area contributed by atoms with Gasteiger partial charge in [0.15, 0.2) is 0 Å². The molecule has 0 saturated carbocycles. The van der Waals surface area contributed by atoms with Crippen LogP contribution in [-0.2, 0) is 13.0 Å². The predicted molar refractivity (Wildman–Crippen MR) is 48.9 cm³/mol. The minimum absolute atomic E-state index is 0.314. The first-order chi connectivity index (χ1) is 5.53. The highest BCUT2D eigenvalue weighted by Gasteiger charge is 2.14. The van der Waals surface area contributed by atoms with E-state index in [0.29, 0.717) is 5.41 Å². The highest BCUT2D eigenvalue weighted by Crippen LogP contribution is 2.19. The number of rotatable bonds is 2. The Kier molecular flexibility index (Phi) is 2.50. The smallest absolute Gasteiger partial charge is 0.0725 e. The van der Waals surface area contributed by atoms with Crippen molar-refractivity contribution in [3.05, 3.63) is 11.9 Å². The zero-order valence-electron chi connectivity index (χ0n) is 8.33. The van der Waals surface area contributed by atoms with Gasteiger partial charge in [0.2, 0.25) is 0 Å². The fourth-order valence-electron chi connectivity index (χ4n) is 1.23. The van der Waals surface area contributed by atoms with Gasteiger partial charge in [-0.15, -0.1) is 5.10 Å². The molecule has 1 aromatic heterocycles. The molecule has 0 aliphatic heterocycles. The minimum atomic E-state index is 0.314. The Morgan fingerprint density at radius 1 is 1.42 bits per heavy atom. The maximum Gasteiger partial charge on any atom is 0.0725 e. The van der Waals surface area contributed by atoms with E-state index in [1.54, 1.807) is 0 Å². The Hall–Kier alpha value is -0.860. The van der Waals surface area contributed by atoms with E-state index >= 15 is 0 Å². The highest BCUT2D eigenvalue weighted by molar-refractivity contribution is 4.97. The molecule has 0 N–H and O–H groups in total. The molecule has 0 bridgehead atoms. The second kappa shape index (κ2) is 3.25. The normalized spacial score (nSPS) is 12.0. The molecule has 0 spiro atoms. The lowest BCUT2D eigenvalue weighted by Gasteiger charge is -2.17. The molecule has 0 aromatic carbocycles. The van der Waals surface area contributed by atoms with E-state index in [1.807, 2.05) is 10.9 Å². The molecule has 1 rings (SSSR count). The summed E-state index contributed by atoms with van der Waals surface area (Å²) in [6, 6.07) is 0. The molecule has 1 aromatic rings. The van der Waals surface area contributed by atoms with Crippen molar-refractivity contribution in [1.82, 2.24) is 15.0 Å². The maximum atomic E-state index is 3.99. The molecule has 1 heterocycles. The van der Waals surface area contributed by atoms with Crippen molar-refractivity contribution < 1.29 is 0 Å². The van der Waals surface area contributed by atoms with Crippen LogP contribution >= 0.6 is 0 Å². The summed E-state index contributed by atoms with van der Waals surface area (Å²) in [6.07, 6.45) is 2.89. The fourth-order valence-corrected chi connectivity index (χ4v) is 1.23. The monoisotopic (exact) mass is 167 g/mol. The van der Waals surface area contributed by atoms with Crippen LogP contribution in [0.4, 0.5) is 0 Å². The first-order valence-corrected chi connectivity index (χ1v) is 4.40. The standard InChI is InChI=1S/C9H17N3/c1-5-12-8(7-10-11-12)6-9(2,3)4/h7H,5-6H2,1-4H3.